The fraction of sp³-hybridized carbons (Fsp3) is 0.692. The van der Waals surface area contributed by atoms with E-state index < -0.39 is 0 Å². The van der Waals surface area contributed by atoms with Crippen molar-refractivity contribution in [2.75, 3.05) is 11.9 Å². The molecule has 1 heterocycles. The summed E-state index contributed by atoms with van der Waals surface area (Å²) in [6.45, 7) is 4.61. The van der Waals surface area contributed by atoms with Crippen molar-refractivity contribution in [2.24, 2.45) is 5.41 Å². The lowest BCUT2D eigenvalue weighted by atomic mass is 9.75. The highest BCUT2D eigenvalue weighted by Crippen LogP contribution is 2.37. The van der Waals surface area contributed by atoms with Gasteiger partial charge in [0.1, 0.15) is 5.02 Å². The van der Waals surface area contributed by atoms with Crippen molar-refractivity contribution in [1.29, 1.82) is 0 Å². The molecule has 0 aliphatic heterocycles. The van der Waals surface area contributed by atoms with Crippen LogP contribution in [0.1, 0.15) is 39.5 Å². The van der Waals surface area contributed by atoms with E-state index in [2.05, 4.69) is 23.8 Å². The average Bonchev–Trinajstić information content (AvgIpc) is 2.32. The van der Waals surface area contributed by atoms with Crippen molar-refractivity contribution in [3.63, 3.8) is 0 Å². The zero-order chi connectivity index (χ0) is 13.3. The van der Waals surface area contributed by atoms with E-state index in [0.29, 0.717) is 17.3 Å². The standard InChI is InChI=1S/C13H20ClN3O/c1-13(2)6-4-9(5-7-13)17(3)11-10(14)12(18)16-8-15-11/h8-9H,4-7H2,1-3H3,(H,15,16,18). The largest absolute Gasteiger partial charge is 0.355 e. The first-order valence-electron chi connectivity index (χ1n) is 6.37. The second-order valence-corrected chi connectivity index (χ2v) is 6.25. The highest BCUT2D eigenvalue weighted by atomic mass is 35.5. The second kappa shape index (κ2) is 4.92. The summed E-state index contributed by atoms with van der Waals surface area (Å²) in [5.74, 6) is 0.588. The first kappa shape index (κ1) is 13.4. The number of aromatic amines is 1. The minimum absolute atomic E-state index is 0.185. The van der Waals surface area contributed by atoms with Crippen molar-refractivity contribution < 1.29 is 0 Å². The Morgan fingerprint density at radius 1 is 1.44 bits per heavy atom. The predicted octanol–water partition coefficient (Wildman–Crippen LogP) is 2.83. The molecule has 1 aliphatic carbocycles. The van der Waals surface area contributed by atoms with Gasteiger partial charge >= 0.3 is 0 Å². The Morgan fingerprint density at radius 3 is 2.67 bits per heavy atom. The van der Waals surface area contributed by atoms with Gasteiger partial charge in [-0.25, -0.2) is 4.98 Å². The molecule has 0 aromatic carbocycles. The molecule has 1 fully saturated rings. The third-order valence-corrected chi connectivity index (χ3v) is 4.31. The van der Waals surface area contributed by atoms with Crippen LogP contribution in [0.25, 0.3) is 0 Å². The SMILES string of the molecule is CN(c1nc[nH]c(=O)c1Cl)C1CCC(C)(C)CC1. The minimum atomic E-state index is -0.273. The van der Waals surface area contributed by atoms with Crippen LogP contribution in [-0.2, 0) is 0 Å². The molecule has 0 amide bonds. The van der Waals surface area contributed by atoms with E-state index in [9.17, 15) is 4.79 Å². The second-order valence-electron chi connectivity index (χ2n) is 5.88. The maximum atomic E-state index is 11.5. The number of anilines is 1. The van der Waals surface area contributed by atoms with Gasteiger partial charge in [0.25, 0.3) is 5.56 Å². The lowest BCUT2D eigenvalue weighted by Crippen LogP contribution is -2.38. The van der Waals surface area contributed by atoms with E-state index in [4.69, 9.17) is 11.6 Å². The predicted molar refractivity (Wildman–Crippen MR) is 74.3 cm³/mol. The Morgan fingerprint density at radius 2 is 2.06 bits per heavy atom. The summed E-state index contributed by atoms with van der Waals surface area (Å²) < 4.78 is 0. The summed E-state index contributed by atoms with van der Waals surface area (Å²) in [6.07, 6.45) is 6.04. The summed E-state index contributed by atoms with van der Waals surface area (Å²) in [5, 5.41) is 0.185. The topological polar surface area (TPSA) is 49.0 Å². The molecule has 0 bridgehead atoms. The summed E-state index contributed by atoms with van der Waals surface area (Å²) in [4.78, 5) is 20.2. The van der Waals surface area contributed by atoms with E-state index >= 15 is 0 Å². The van der Waals surface area contributed by atoms with Crippen molar-refractivity contribution in [1.82, 2.24) is 9.97 Å². The number of rotatable bonds is 2. The minimum Gasteiger partial charge on any atom is -0.355 e. The highest BCUT2D eigenvalue weighted by Gasteiger charge is 2.30. The number of aromatic nitrogens is 2. The molecule has 1 aromatic rings. The molecule has 0 atom stereocenters. The van der Waals surface area contributed by atoms with Crippen LogP contribution in [0.5, 0.6) is 0 Å². The lowest BCUT2D eigenvalue weighted by molar-refractivity contribution is 0.222. The number of halogens is 1. The summed E-state index contributed by atoms with van der Waals surface area (Å²) >= 11 is 6.02. The van der Waals surface area contributed by atoms with Crippen LogP contribution < -0.4 is 10.5 Å². The molecule has 18 heavy (non-hydrogen) atoms. The molecule has 1 aromatic heterocycles. The number of hydrogen-bond donors (Lipinski definition) is 1. The Kier molecular flexibility index (Phi) is 3.66. The van der Waals surface area contributed by atoms with Gasteiger partial charge in [-0.2, -0.15) is 0 Å². The first-order valence-corrected chi connectivity index (χ1v) is 6.74. The molecule has 2 rings (SSSR count). The number of hydrogen-bond acceptors (Lipinski definition) is 3. The zero-order valence-electron chi connectivity index (χ0n) is 11.2. The van der Waals surface area contributed by atoms with E-state index in [1.54, 1.807) is 0 Å². The van der Waals surface area contributed by atoms with Gasteiger partial charge in [0.2, 0.25) is 0 Å². The monoisotopic (exact) mass is 269 g/mol. The van der Waals surface area contributed by atoms with Gasteiger partial charge < -0.3 is 9.88 Å². The van der Waals surface area contributed by atoms with Crippen LogP contribution in [0.2, 0.25) is 5.02 Å². The fourth-order valence-electron chi connectivity index (χ4n) is 2.56. The molecule has 100 valence electrons. The Bertz CT molecular complexity index is 473. The van der Waals surface area contributed by atoms with Crippen LogP contribution in [0.15, 0.2) is 11.1 Å². The van der Waals surface area contributed by atoms with Crippen molar-refractivity contribution in [3.05, 3.63) is 21.7 Å². The van der Waals surface area contributed by atoms with E-state index in [1.807, 2.05) is 11.9 Å². The third kappa shape index (κ3) is 2.69. The molecule has 0 radical (unpaired) electrons. The first-order chi connectivity index (χ1) is 8.41. The lowest BCUT2D eigenvalue weighted by Gasteiger charge is -2.39. The Labute approximate surface area is 112 Å². The number of nitrogens with one attached hydrogen (secondary N) is 1. The molecule has 1 saturated carbocycles. The van der Waals surface area contributed by atoms with Gasteiger partial charge in [-0.3, -0.25) is 4.79 Å². The Balaban J connectivity index is 2.15. The van der Waals surface area contributed by atoms with Gasteiger partial charge in [-0.05, 0) is 31.1 Å². The maximum Gasteiger partial charge on any atom is 0.271 e. The van der Waals surface area contributed by atoms with Crippen LogP contribution in [0.3, 0.4) is 0 Å². The Hall–Kier alpha value is -1.03. The number of H-pyrrole nitrogens is 1. The normalized spacial score (nSPS) is 19.8. The molecule has 1 N–H and O–H groups in total. The molecule has 0 unspecified atom stereocenters. The molecule has 1 aliphatic rings. The quantitative estimate of drug-likeness (QED) is 0.898. The summed E-state index contributed by atoms with van der Waals surface area (Å²) in [6, 6.07) is 0.421. The van der Waals surface area contributed by atoms with Crippen LogP contribution in [0.4, 0.5) is 5.82 Å². The smallest absolute Gasteiger partial charge is 0.271 e. The van der Waals surface area contributed by atoms with E-state index in [1.165, 1.54) is 19.2 Å². The average molecular weight is 270 g/mol. The summed E-state index contributed by atoms with van der Waals surface area (Å²) in [5.41, 5.74) is 0.160. The van der Waals surface area contributed by atoms with E-state index in [-0.39, 0.29) is 10.6 Å². The van der Waals surface area contributed by atoms with Gasteiger partial charge in [0.15, 0.2) is 5.82 Å². The third-order valence-electron chi connectivity index (χ3n) is 3.97. The van der Waals surface area contributed by atoms with Crippen LogP contribution in [0, 0.1) is 5.41 Å². The van der Waals surface area contributed by atoms with Crippen molar-refractivity contribution in [3.8, 4) is 0 Å². The van der Waals surface area contributed by atoms with Crippen molar-refractivity contribution in [2.45, 2.75) is 45.6 Å². The van der Waals surface area contributed by atoms with E-state index in [0.717, 1.165) is 12.8 Å². The molecule has 4 nitrogen and oxygen atoms in total. The number of nitrogens with zero attached hydrogens (tertiary/aromatic N) is 2. The molecular formula is C13H20ClN3O. The maximum absolute atomic E-state index is 11.5. The molecule has 5 heteroatoms. The zero-order valence-corrected chi connectivity index (χ0v) is 11.9. The molecule has 0 saturated heterocycles. The molecular weight excluding hydrogens is 250 g/mol. The van der Waals surface area contributed by atoms with Crippen LogP contribution >= 0.6 is 11.6 Å². The van der Waals surface area contributed by atoms with Crippen LogP contribution in [-0.4, -0.2) is 23.1 Å². The van der Waals surface area contributed by atoms with Gasteiger partial charge in [0.05, 0.1) is 6.33 Å². The summed E-state index contributed by atoms with van der Waals surface area (Å²) in [7, 11) is 1.97. The fourth-order valence-corrected chi connectivity index (χ4v) is 2.80. The highest BCUT2D eigenvalue weighted by molar-refractivity contribution is 6.32. The van der Waals surface area contributed by atoms with Gasteiger partial charge in [0, 0.05) is 13.1 Å². The van der Waals surface area contributed by atoms with Gasteiger partial charge in [-0.15, -0.1) is 0 Å². The van der Waals surface area contributed by atoms with Crippen molar-refractivity contribution >= 4 is 17.4 Å². The van der Waals surface area contributed by atoms with Gasteiger partial charge in [-0.1, -0.05) is 25.4 Å². The molecule has 0 spiro atoms.